The molecule has 1 heterocycles. The maximum atomic E-state index is 12.5. The molecule has 1 amide bonds. The van der Waals surface area contributed by atoms with E-state index in [2.05, 4.69) is 4.72 Å². The molecule has 0 radical (unpaired) electrons. The van der Waals surface area contributed by atoms with Crippen LogP contribution in [0.5, 0.6) is 0 Å². The summed E-state index contributed by atoms with van der Waals surface area (Å²) in [6, 6.07) is 7.68. The summed E-state index contributed by atoms with van der Waals surface area (Å²) >= 11 is 0. The molecule has 3 rings (SSSR count). The van der Waals surface area contributed by atoms with Gasteiger partial charge in [-0.1, -0.05) is 17.7 Å². The lowest BCUT2D eigenvalue weighted by atomic mass is 9.65. The molecule has 1 saturated heterocycles. The third kappa shape index (κ3) is 3.17. The van der Waals surface area contributed by atoms with E-state index in [1.54, 1.807) is 0 Å². The SMILES string of the molecule is Cc1ccc(C(=O)N2CCC3(CC(NS(C)(=O)=O)C3)C2)cc1. The minimum Gasteiger partial charge on any atom is -0.338 e. The third-order valence-electron chi connectivity index (χ3n) is 4.76. The van der Waals surface area contributed by atoms with Crippen LogP contribution in [0, 0.1) is 12.3 Å². The van der Waals surface area contributed by atoms with Crippen LogP contribution in [0.15, 0.2) is 24.3 Å². The lowest BCUT2D eigenvalue weighted by molar-refractivity contribution is 0.0688. The summed E-state index contributed by atoms with van der Waals surface area (Å²) in [5.74, 6) is 0.0800. The summed E-state index contributed by atoms with van der Waals surface area (Å²) in [6.07, 6.45) is 3.82. The van der Waals surface area contributed by atoms with Gasteiger partial charge in [-0.25, -0.2) is 13.1 Å². The fourth-order valence-electron chi connectivity index (χ4n) is 3.69. The highest BCUT2D eigenvalue weighted by Crippen LogP contribution is 2.48. The fourth-order valence-corrected chi connectivity index (χ4v) is 4.46. The van der Waals surface area contributed by atoms with Gasteiger partial charge in [0.05, 0.1) is 6.26 Å². The maximum absolute atomic E-state index is 12.5. The van der Waals surface area contributed by atoms with E-state index >= 15 is 0 Å². The Morgan fingerprint density at radius 2 is 1.91 bits per heavy atom. The molecule has 6 heteroatoms. The van der Waals surface area contributed by atoms with Crippen molar-refractivity contribution < 1.29 is 13.2 Å². The van der Waals surface area contributed by atoms with Gasteiger partial charge in [0.25, 0.3) is 5.91 Å². The van der Waals surface area contributed by atoms with Crippen molar-refractivity contribution in [1.29, 1.82) is 0 Å². The van der Waals surface area contributed by atoms with Gasteiger partial charge in [0.1, 0.15) is 0 Å². The van der Waals surface area contributed by atoms with Gasteiger partial charge < -0.3 is 4.90 Å². The largest absolute Gasteiger partial charge is 0.338 e. The van der Waals surface area contributed by atoms with Crippen molar-refractivity contribution in [3.8, 4) is 0 Å². The van der Waals surface area contributed by atoms with E-state index in [-0.39, 0.29) is 17.4 Å². The minimum absolute atomic E-state index is 0.0319. The second kappa shape index (κ2) is 5.35. The third-order valence-corrected chi connectivity index (χ3v) is 5.53. The standard InChI is InChI=1S/C16H22N2O3S/c1-12-3-5-13(6-4-12)15(19)18-8-7-16(11-18)9-14(10-16)17-22(2,20)21/h3-6,14,17H,7-11H2,1-2H3. The Bertz CT molecular complexity index is 676. The van der Waals surface area contributed by atoms with E-state index in [0.29, 0.717) is 0 Å². The number of sulfonamides is 1. The van der Waals surface area contributed by atoms with Crippen molar-refractivity contribution in [3.63, 3.8) is 0 Å². The van der Waals surface area contributed by atoms with Gasteiger partial charge in [0.2, 0.25) is 10.0 Å². The molecule has 5 nitrogen and oxygen atoms in total. The molecule has 1 spiro atoms. The Morgan fingerprint density at radius 1 is 1.27 bits per heavy atom. The van der Waals surface area contributed by atoms with E-state index in [1.165, 1.54) is 6.26 Å². The summed E-state index contributed by atoms with van der Waals surface area (Å²) in [6.45, 7) is 3.50. The van der Waals surface area contributed by atoms with Crippen molar-refractivity contribution >= 4 is 15.9 Å². The number of nitrogens with one attached hydrogen (secondary N) is 1. The molecule has 0 bridgehead atoms. The van der Waals surface area contributed by atoms with Gasteiger partial charge >= 0.3 is 0 Å². The molecule has 2 aliphatic rings. The number of hydrogen-bond donors (Lipinski definition) is 1. The monoisotopic (exact) mass is 322 g/mol. The predicted octanol–water partition coefficient (Wildman–Crippen LogP) is 1.54. The number of likely N-dealkylation sites (tertiary alicyclic amines) is 1. The zero-order valence-electron chi connectivity index (χ0n) is 13.0. The van der Waals surface area contributed by atoms with Crippen LogP contribution in [0.4, 0.5) is 0 Å². The van der Waals surface area contributed by atoms with Crippen LogP contribution in [0.1, 0.15) is 35.2 Å². The van der Waals surface area contributed by atoms with Gasteiger partial charge in [0.15, 0.2) is 0 Å². The van der Waals surface area contributed by atoms with Crippen LogP contribution in [0.2, 0.25) is 0 Å². The Kier molecular flexibility index (Phi) is 3.77. The number of nitrogens with zero attached hydrogens (tertiary/aromatic N) is 1. The smallest absolute Gasteiger partial charge is 0.253 e. The average molecular weight is 322 g/mol. The Balaban J connectivity index is 1.59. The predicted molar refractivity (Wildman–Crippen MR) is 85.1 cm³/mol. The second-order valence-corrected chi connectivity index (χ2v) is 8.62. The number of aryl methyl sites for hydroxylation is 1. The van der Waals surface area contributed by atoms with Crippen LogP contribution < -0.4 is 4.72 Å². The van der Waals surface area contributed by atoms with Gasteiger partial charge in [-0.05, 0) is 43.7 Å². The first-order valence-corrected chi connectivity index (χ1v) is 9.49. The molecule has 1 saturated carbocycles. The Hall–Kier alpha value is -1.40. The van der Waals surface area contributed by atoms with E-state index in [9.17, 15) is 13.2 Å². The molecule has 22 heavy (non-hydrogen) atoms. The molecule has 2 fully saturated rings. The van der Waals surface area contributed by atoms with Crippen LogP contribution in [-0.2, 0) is 10.0 Å². The fraction of sp³-hybridized carbons (Fsp3) is 0.562. The van der Waals surface area contributed by atoms with Crippen molar-refractivity contribution in [2.24, 2.45) is 5.41 Å². The summed E-state index contributed by atoms with van der Waals surface area (Å²) in [5.41, 5.74) is 1.99. The second-order valence-electron chi connectivity index (χ2n) is 6.84. The average Bonchev–Trinajstić information content (AvgIpc) is 2.82. The van der Waals surface area contributed by atoms with E-state index in [4.69, 9.17) is 0 Å². The molecule has 0 atom stereocenters. The first-order valence-electron chi connectivity index (χ1n) is 7.60. The molecule has 1 aliphatic carbocycles. The molecular formula is C16H22N2O3S. The zero-order chi connectivity index (χ0) is 16.0. The summed E-state index contributed by atoms with van der Waals surface area (Å²) in [7, 11) is -3.14. The number of hydrogen-bond acceptors (Lipinski definition) is 3. The van der Waals surface area contributed by atoms with E-state index in [0.717, 1.165) is 43.5 Å². The van der Waals surface area contributed by atoms with Crippen LogP contribution >= 0.6 is 0 Å². The minimum atomic E-state index is -3.14. The van der Waals surface area contributed by atoms with E-state index < -0.39 is 10.0 Å². The highest BCUT2D eigenvalue weighted by Gasteiger charge is 2.50. The van der Waals surface area contributed by atoms with E-state index in [1.807, 2.05) is 36.1 Å². The quantitative estimate of drug-likeness (QED) is 0.918. The molecule has 1 aromatic carbocycles. The molecular weight excluding hydrogens is 300 g/mol. The highest BCUT2D eigenvalue weighted by atomic mass is 32.2. The molecule has 0 aromatic heterocycles. The first-order chi connectivity index (χ1) is 10.3. The number of benzene rings is 1. The number of rotatable bonds is 3. The lowest BCUT2D eigenvalue weighted by Gasteiger charge is -2.45. The van der Waals surface area contributed by atoms with Crippen molar-refractivity contribution in [3.05, 3.63) is 35.4 Å². The van der Waals surface area contributed by atoms with Crippen molar-refractivity contribution in [1.82, 2.24) is 9.62 Å². The van der Waals surface area contributed by atoms with Crippen LogP contribution in [0.25, 0.3) is 0 Å². The summed E-state index contributed by atoms with van der Waals surface area (Å²) in [5, 5.41) is 0. The topological polar surface area (TPSA) is 66.5 Å². The Morgan fingerprint density at radius 3 is 2.50 bits per heavy atom. The van der Waals surface area contributed by atoms with Crippen LogP contribution in [0.3, 0.4) is 0 Å². The van der Waals surface area contributed by atoms with Crippen molar-refractivity contribution in [2.75, 3.05) is 19.3 Å². The summed E-state index contributed by atoms with van der Waals surface area (Å²) < 4.78 is 25.2. The van der Waals surface area contributed by atoms with Crippen LogP contribution in [-0.4, -0.2) is 44.6 Å². The number of carbonyl (C=O) groups excluding carboxylic acids is 1. The molecule has 1 N–H and O–H groups in total. The normalized spacial score (nSPS) is 27.9. The number of carbonyl (C=O) groups is 1. The van der Waals surface area contributed by atoms with Gasteiger partial charge in [-0.2, -0.15) is 0 Å². The highest BCUT2D eigenvalue weighted by molar-refractivity contribution is 7.88. The molecule has 1 aliphatic heterocycles. The number of amides is 1. The van der Waals surface area contributed by atoms with Gasteiger partial charge in [0, 0.05) is 24.7 Å². The van der Waals surface area contributed by atoms with Gasteiger partial charge in [-0.15, -0.1) is 0 Å². The zero-order valence-corrected chi connectivity index (χ0v) is 13.8. The Labute approximate surface area is 131 Å². The maximum Gasteiger partial charge on any atom is 0.253 e. The van der Waals surface area contributed by atoms with Crippen molar-refractivity contribution in [2.45, 2.75) is 32.2 Å². The summed E-state index contributed by atoms with van der Waals surface area (Å²) in [4.78, 5) is 14.4. The molecule has 0 unspecified atom stereocenters. The van der Waals surface area contributed by atoms with Gasteiger partial charge in [-0.3, -0.25) is 4.79 Å². The lowest BCUT2D eigenvalue weighted by Crippen LogP contribution is -2.51. The first kappa shape index (κ1) is 15.5. The molecule has 1 aromatic rings. The molecule has 120 valence electrons.